The minimum atomic E-state index is -0.632. The maximum atomic E-state index is 11.1. The molecule has 2 rings (SSSR count). The molecule has 6 heteroatoms. The average molecular weight is 441 g/mol. The van der Waals surface area contributed by atoms with Gasteiger partial charge in [0.15, 0.2) is 6.29 Å². The third-order valence-electron chi connectivity index (χ3n) is 7.55. The van der Waals surface area contributed by atoms with Crippen LogP contribution in [0.4, 0.5) is 0 Å². The molecule has 0 aromatic carbocycles. The summed E-state index contributed by atoms with van der Waals surface area (Å²) in [5.41, 5.74) is 0.428. The topological polar surface area (TPSA) is 66.4 Å². The normalized spacial score (nSPS) is 37.5. The van der Waals surface area contributed by atoms with Crippen LogP contribution in [0.3, 0.4) is 0 Å². The van der Waals surface area contributed by atoms with Crippen LogP contribution >= 0.6 is 0 Å². The summed E-state index contributed by atoms with van der Waals surface area (Å²) in [5, 5.41) is 11.1. The molecule has 0 bridgehead atoms. The lowest BCUT2D eigenvalue weighted by Gasteiger charge is -2.50. The first kappa shape index (κ1) is 26.5. The summed E-state index contributed by atoms with van der Waals surface area (Å²) in [6.07, 6.45) is 8.95. The second kappa shape index (κ2) is 11.9. The highest BCUT2D eigenvalue weighted by Crippen LogP contribution is 2.48. The van der Waals surface area contributed by atoms with Crippen LogP contribution in [0.25, 0.3) is 0 Å². The van der Waals surface area contributed by atoms with Crippen LogP contribution in [0.2, 0.25) is 0 Å². The van der Waals surface area contributed by atoms with Crippen LogP contribution < -0.4 is 0 Å². The van der Waals surface area contributed by atoms with Gasteiger partial charge in [-0.25, -0.2) is 0 Å². The van der Waals surface area contributed by atoms with Crippen molar-refractivity contribution in [1.82, 2.24) is 0 Å². The molecule has 1 aliphatic carbocycles. The predicted molar refractivity (Wildman–Crippen MR) is 122 cm³/mol. The third-order valence-corrected chi connectivity index (χ3v) is 7.55. The predicted octanol–water partition coefficient (Wildman–Crippen LogP) is 4.12. The zero-order chi connectivity index (χ0) is 23.2. The molecule has 2 aliphatic rings. The van der Waals surface area contributed by atoms with E-state index in [4.69, 9.17) is 23.7 Å². The van der Waals surface area contributed by atoms with E-state index in [-0.39, 0.29) is 30.3 Å². The molecule has 0 aromatic rings. The van der Waals surface area contributed by atoms with Gasteiger partial charge in [0.25, 0.3) is 0 Å². The van der Waals surface area contributed by atoms with E-state index in [2.05, 4.69) is 26.8 Å². The van der Waals surface area contributed by atoms with Crippen LogP contribution in [0, 0.1) is 17.8 Å². The maximum absolute atomic E-state index is 11.1. The molecule has 1 heterocycles. The molecular formula is C25H44O6. The molecule has 180 valence electrons. The molecule has 6 nitrogen and oxygen atoms in total. The Labute approximate surface area is 188 Å². The van der Waals surface area contributed by atoms with Crippen molar-refractivity contribution in [1.29, 1.82) is 0 Å². The summed E-state index contributed by atoms with van der Waals surface area (Å²) in [6.45, 7) is 8.53. The summed E-state index contributed by atoms with van der Waals surface area (Å²) in [7, 11) is 6.77. The lowest BCUT2D eigenvalue weighted by atomic mass is 9.60. The van der Waals surface area contributed by atoms with E-state index in [1.165, 1.54) is 0 Å². The van der Waals surface area contributed by atoms with Gasteiger partial charge in [-0.15, -0.1) is 0 Å². The number of hydrogen-bond donors (Lipinski definition) is 1. The standard InChI is InChI=1S/C25H44O6/c1-9-20(27-5)18(4)19-14-25(26,15-19)17(3)12-10-11-16(2)23-21(28-6)13-22(29-7)24(30-8)31-23/h10-12,17-24,26H,9,13-15H2,1-8H3/b12-10+,16-11+/t17-,18-,19-,20-,21-,22+,23-,24+,25-/m0/s1. The molecule has 7 atom stereocenters. The Balaban J connectivity index is 1.95. The first-order valence-electron chi connectivity index (χ1n) is 11.6. The fourth-order valence-corrected chi connectivity index (χ4v) is 5.11. The highest BCUT2D eigenvalue weighted by molar-refractivity contribution is 5.19. The van der Waals surface area contributed by atoms with E-state index in [9.17, 15) is 5.11 Å². The highest BCUT2D eigenvalue weighted by atomic mass is 16.7. The summed E-state index contributed by atoms with van der Waals surface area (Å²) in [6, 6.07) is 0. The minimum absolute atomic E-state index is 0.0812. The van der Waals surface area contributed by atoms with Crippen LogP contribution in [0.5, 0.6) is 0 Å². The van der Waals surface area contributed by atoms with Crippen molar-refractivity contribution >= 4 is 0 Å². The van der Waals surface area contributed by atoms with Gasteiger partial charge < -0.3 is 28.8 Å². The Morgan fingerprint density at radius 3 is 2.26 bits per heavy atom. The molecule has 1 aliphatic heterocycles. The van der Waals surface area contributed by atoms with E-state index < -0.39 is 11.9 Å². The minimum Gasteiger partial charge on any atom is -0.389 e. The van der Waals surface area contributed by atoms with Gasteiger partial charge in [0.05, 0.1) is 17.8 Å². The first-order chi connectivity index (χ1) is 14.7. The van der Waals surface area contributed by atoms with Crippen molar-refractivity contribution in [3.8, 4) is 0 Å². The van der Waals surface area contributed by atoms with E-state index >= 15 is 0 Å². The van der Waals surface area contributed by atoms with Gasteiger partial charge in [0.2, 0.25) is 0 Å². The smallest absolute Gasteiger partial charge is 0.184 e. The van der Waals surface area contributed by atoms with Crippen LogP contribution in [0.15, 0.2) is 23.8 Å². The van der Waals surface area contributed by atoms with Crippen molar-refractivity contribution in [3.05, 3.63) is 23.8 Å². The fraction of sp³-hybridized carbons (Fsp3) is 0.840. The zero-order valence-corrected chi connectivity index (χ0v) is 20.7. The molecular weight excluding hydrogens is 396 g/mol. The largest absolute Gasteiger partial charge is 0.389 e. The van der Waals surface area contributed by atoms with Gasteiger partial charge in [-0.05, 0) is 43.6 Å². The van der Waals surface area contributed by atoms with Gasteiger partial charge in [-0.2, -0.15) is 0 Å². The Hall–Kier alpha value is -0.760. The second-order valence-corrected chi connectivity index (χ2v) is 9.34. The summed E-state index contributed by atoms with van der Waals surface area (Å²) >= 11 is 0. The Bertz CT molecular complexity index is 593. The van der Waals surface area contributed by atoms with Crippen molar-refractivity contribution < 1.29 is 28.8 Å². The van der Waals surface area contributed by atoms with Crippen LogP contribution in [0.1, 0.15) is 53.4 Å². The number of aliphatic hydroxyl groups is 1. The molecule has 2 fully saturated rings. The Morgan fingerprint density at radius 1 is 1.10 bits per heavy atom. The van der Waals surface area contributed by atoms with Crippen molar-refractivity contribution in [2.45, 2.75) is 89.7 Å². The van der Waals surface area contributed by atoms with Gasteiger partial charge in [-0.1, -0.05) is 39.0 Å². The van der Waals surface area contributed by atoms with Gasteiger partial charge in [-0.3, -0.25) is 0 Å². The summed E-state index contributed by atoms with van der Waals surface area (Å²) in [5.74, 6) is 1.06. The van der Waals surface area contributed by atoms with Gasteiger partial charge >= 0.3 is 0 Å². The van der Waals surface area contributed by atoms with Gasteiger partial charge in [0.1, 0.15) is 12.2 Å². The molecule has 1 saturated carbocycles. The first-order valence-corrected chi connectivity index (χ1v) is 11.6. The van der Waals surface area contributed by atoms with E-state index in [1.807, 2.05) is 19.1 Å². The summed E-state index contributed by atoms with van der Waals surface area (Å²) in [4.78, 5) is 0. The van der Waals surface area contributed by atoms with Gasteiger partial charge in [0, 0.05) is 40.8 Å². The molecule has 1 N–H and O–H groups in total. The molecule has 1 saturated heterocycles. The maximum Gasteiger partial charge on any atom is 0.184 e. The van der Waals surface area contributed by atoms with E-state index in [0.717, 1.165) is 24.8 Å². The Morgan fingerprint density at radius 2 is 1.74 bits per heavy atom. The van der Waals surface area contributed by atoms with E-state index in [0.29, 0.717) is 18.3 Å². The van der Waals surface area contributed by atoms with Crippen molar-refractivity contribution in [2.24, 2.45) is 17.8 Å². The average Bonchev–Trinajstić information content (AvgIpc) is 2.76. The lowest BCUT2D eigenvalue weighted by Crippen LogP contribution is -2.52. The third kappa shape index (κ3) is 6.18. The molecule has 0 aromatic heterocycles. The molecule has 31 heavy (non-hydrogen) atoms. The highest BCUT2D eigenvalue weighted by Gasteiger charge is 2.48. The number of hydrogen-bond acceptors (Lipinski definition) is 6. The van der Waals surface area contributed by atoms with Crippen LogP contribution in [-0.2, 0) is 23.7 Å². The molecule has 0 amide bonds. The fourth-order valence-electron chi connectivity index (χ4n) is 5.11. The number of allylic oxidation sites excluding steroid dienone is 2. The number of ether oxygens (including phenoxy) is 5. The number of rotatable bonds is 11. The second-order valence-electron chi connectivity index (χ2n) is 9.34. The van der Waals surface area contributed by atoms with Crippen molar-refractivity contribution in [2.75, 3.05) is 28.4 Å². The lowest BCUT2D eigenvalue weighted by molar-refractivity contribution is -0.256. The van der Waals surface area contributed by atoms with Crippen molar-refractivity contribution in [3.63, 3.8) is 0 Å². The van der Waals surface area contributed by atoms with Crippen LogP contribution in [-0.4, -0.2) is 69.9 Å². The molecule has 0 spiro atoms. The zero-order valence-electron chi connectivity index (χ0n) is 20.7. The SMILES string of the molecule is CC[C@H](OC)[C@@H](C)[C@H]1C[C@@](O)([C@@H](C)/C=C/C=C(\C)[C@@H]2O[C@@H](OC)[C@H](OC)C[C@@H]2OC)C1. The Kier molecular flexibility index (Phi) is 10.2. The molecule has 0 radical (unpaired) electrons. The quantitative estimate of drug-likeness (QED) is 0.488. The monoisotopic (exact) mass is 440 g/mol. The molecule has 0 unspecified atom stereocenters. The summed E-state index contributed by atoms with van der Waals surface area (Å²) < 4.78 is 28.3. The van der Waals surface area contributed by atoms with E-state index in [1.54, 1.807) is 28.4 Å². The number of methoxy groups -OCH3 is 4.